The number of rotatable bonds is 2. The van der Waals surface area contributed by atoms with Crippen molar-refractivity contribution in [2.75, 3.05) is 26.4 Å². The van der Waals surface area contributed by atoms with Gasteiger partial charge < -0.3 is 9.47 Å². The van der Waals surface area contributed by atoms with Crippen LogP contribution in [0.1, 0.15) is 68.2 Å². The molecule has 0 unspecified atom stereocenters. The molecular formula is C18H40O2. The maximum Gasteiger partial charge on any atom is 0.0468 e. The molecule has 0 aromatic heterocycles. The zero-order valence-electron chi connectivity index (χ0n) is 12.8. The molecule has 2 aliphatic heterocycles. The topological polar surface area (TPSA) is 18.5 Å². The Morgan fingerprint density at radius 1 is 0.600 bits per heavy atom. The van der Waals surface area contributed by atoms with E-state index in [-0.39, 0.29) is 14.9 Å². The van der Waals surface area contributed by atoms with E-state index >= 15 is 0 Å². The Morgan fingerprint density at radius 3 is 1.00 bits per heavy atom. The fourth-order valence-corrected chi connectivity index (χ4v) is 2.76. The van der Waals surface area contributed by atoms with Gasteiger partial charge in [0.15, 0.2) is 0 Å². The van der Waals surface area contributed by atoms with Gasteiger partial charge in [0, 0.05) is 26.4 Å². The van der Waals surface area contributed by atoms with E-state index in [1.54, 1.807) is 0 Å². The quantitative estimate of drug-likeness (QED) is 0.676. The van der Waals surface area contributed by atoms with Gasteiger partial charge >= 0.3 is 0 Å². The lowest BCUT2D eigenvalue weighted by Gasteiger charge is -2.24. The first-order valence-electron chi connectivity index (χ1n) is 7.76. The summed E-state index contributed by atoms with van der Waals surface area (Å²) >= 11 is 0. The fraction of sp³-hybridized carbons (Fsp3) is 1.00. The molecular weight excluding hydrogens is 248 g/mol. The molecule has 2 fully saturated rings. The van der Waals surface area contributed by atoms with Crippen LogP contribution in [-0.4, -0.2) is 26.4 Å². The van der Waals surface area contributed by atoms with E-state index in [1.165, 1.54) is 25.7 Å². The third kappa shape index (κ3) is 8.97. The second kappa shape index (κ2) is 12.6. The summed E-state index contributed by atoms with van der Waals surface area (Å²) in [6.07, 6.45) is 5.10. The van der Waals surface area contributed by atoms with E-state index < -0.39 is 0 Å². The molecule has 0 N–H and O–H groups in total. The molecule has 0 atom stereocenters. The van der Waals surface area contributed by atoms with Gasteiger partial charge in [0.2, 0.25) is 0 Å². The van der Waals surface area contributed by atoms with Crippen molar-refractivity contribution in [1.29, 1.82) is 0 Å². The molecule has 0 aromatic rings. The summed E-state index contributed by atoms with van der Waals surface area (Å²) in [4.78, 5) is 0. The highest BCUT2D eigenvalue weighted by atomic mass is 16.5. The number of ether oxygens (including phenoxy) is 2. The average molecular weight is 289 g/mol. The third-order valence-corrected chi connectivity index (χ3v) is 4.42. The van der Waals surface area contributed by atoms with Crippen LogP contribution in [0.4, 0.5) is 0 Å². The van der Waals surface area contributed by atoms with Crippen LogP contribution in [0.5, 0.6) is 0 Å². The van der Waals surface area contributed by atoms with E-state index in [9.17, 15) is 0 Å². The van der Waals surface area contributed by atoms with Gasteiger partial charge in [-0.2, -0.15) is 0 Å². The van der Waals surface area contributed by atoms with Crippen LogP contribution in [0.25, 0.3) is 0 Å². The molecule has 0 radical (unpaired) electrons. The molecule has 0 amide bonds. The van der Waals surface area contributed by atoms with Crippen LogP contribution in [-0.2, 0) is 9.47 Å². The molecule has 0 saturated carbocycles. The minimum absolute atomic E-state index is 0. The van der Waals surface area contributed by atoms with E-state index in [2.05, 4.69) is 27.7 Å². The Kier molecular flexibility index (Phi) is 14.0. The molecule has 20 heavy (non-hydrogen) atoms. The number of hydrogen-bond donors (Lipinski definition) is 0. The van der Waals surface area contributed by atoms with Crippen molar-refractivity contribution in [2.45, 2.75) is 68.2 Å². The Morgan fingerprint density at radius 2 is 0.850 bits per heavy atom. The Balaban J connectivity index is 0. The van der Waals surface area contributed by atoms with Gasteiger partial charge in [-0.3, -0.25) is 0 Å². The zero-order valence-corrected chi connectivity index (χ0v) is 12.8. The summed E-state index contributed by atoms with van der Waals surface area (Å²) in [6.45, 7) is 13.2. The lowest BCUT2D eigenvalue weighted by atomic mass is 9.89. The molecule has 2 heterocycles. The summed E-state index contributed by atoms with van der Waals surface area (Å²) in [6, 6.07) is 0. The molecule has 0 aromatic carbocycles. The van der Waals surface area contributed by atoms with Crippen LogP contribution in [0.2, 0.25) is 0 Å². The maximum atomic E-state index is 5.25. The van der Waals surface area contributed by atoms with Crippen molar-refractivity contribution >= 4 is 0 Å². The van der Waals surface area contributed by atoms with E-state index in [0.29, 0.717) is 0 Å². The molecule has 2 nitrogen and oxygen atoms in total. The Hall–Kier alpha value is -0.0800. The lowest BCUT2D eigenvalue weighted by molar-refractivity contribution is 0.0522. The predicted octanol–water partition coefficient (Wildman–Crippen LogP) is 5.41. The first-order chi connectivity index (χ1) is 8.61. The SMILES string of the molecule is C.C.CC(C)C1CCOCC1.CC(C)C1CCOCC1. The van der Waals surface area contributed by atoms with Gasteiger partial charge in [0.05, 0.1) is 0 Å². The predicted molar refractivity (Wildman–Crippen MR) is 90.2 cm³/mol. The van der Waals surface area contributed by atoms with E-state index in [1.807, 2.05) is 0 Å². The average Bonchev–Trinajstić information content (AvgIpc) is 2.41. The lowest BCUT2D eigenvalue weighted by Crippen LogP contribution is -2.19. The summed E-state index contributed by atoms with van der Waals surface area (Å²) in [5.41, 5.74) is 0. The van der Waals surface area contributed by atoms with Crippen molar-refractivity contribution in [3.05, 3.63) is 0 Å². The van der Waals surface area contributed by atoms with Crippen LogP contribution in [0.15, 0.2) is 0 Å². The summed E-state index contributed by atoms with van der Waals surface area (Å²) in [5.74, 6) is 3.57. The van der Waals surface area contributed by atoms with E-state index in [0.717, 1.165) is 50.1 Å². The van der Waals surface area contributed by atoms with Gasteiger partial charge in [-0.25, -0.2) is 0 Å². The molecule has 124 valence electrons. The van der Waals surface area contributed by atoms with Crippen LogP contribution in [0.3, 0.4) is 0 Å². The zero-order chi connectivity index (χ0) is 13.4. The molecule has 0 spiro atoms. The monoisotopic (exact) mass is 288 g/mol. The van der Waals surface area contributed by atoms with Crippen LogP contribution < -0.4 is 0 Å². The van der Waals surface area contributed by atoms with Crippen molar-refractivity contribution in [3.8, 4) is 0 Å². The summed E-state index contributed by atoms with van der Waals surface area (Å²) in [5, 5.41) is 0. The number of hydrogen-bond acceptors (Lipinski definition) is 2. The highest BCUT2D eigenvalue weighted by Crippen LogP contribution is 2.23. The normalized spacial score (nSPS) is 20.7. The van der Waals surface area contributed by atoms with Gasteiger partial charge in [0.1, 0.15) is 0 Å². The first-order valence-corrected chi connectivity index (χ1v) is 7.76. The smallest absolute Gasteiger partial charge is 0.0468 e. The Labute approximate surface area is 128 Å². The standard InChI is InChI=1S/2C8H16O.2CH4/c2*1-7(2)8-3-5-9-6-4-8;;/h2*7-8H,3-6H2,1-2H3;2*1H4. The summed E-state index contributed by atoms with van der Waals surface area (Å²) < 4.78 is 10.5. The van der Waals surface area contributed by atoms with Crippen molar-refractivity contribution in [1.82, 2.24) is 0 Å². The molecule has 0 aliphatic carbocycles. The minimum atomic E-state index is 0. The van der Waals surface area contributed by atoms with Gasteiger partial charge in [-0.1, -0.05) is 42.5 Å². The second-order valence-electron chi connectivity index (χ2n) is 6.39. The molecule has 2 heteroatoms. The highest BCUT2D eigenvalue weighted by Gasteiger charge is 2.16. The van der Waals surface area contributed by atoms with Gasteiger partial charge in [-0.05, 0) is 49.4 Å². The largest absolute Gasteiger partial charge is 0.381 e. The van der Waals surface area contributed by atoms with Gasteiger partial charge in [-0.15, -0.1) is 0 Å². The van der Waals surface area contributed by atoms with Crippen molar-refractivity contribution in [2.24, 2.45) is 23.7 Å². The van der Waals surface area contributed by atoms with Gasteiger partial charge in [0.25, 0.3) is 0 Å². The molecule has 2 rings (SSSR count). The second-order valence-corrected chi connectivity index (χ2v) is 6.39. The molecule has 2 aliphatic rings. The van der Waals surface area contributed by atoms with Crippen molar-refractivity contribution < 1.29 is 9.47 Å². The molecule has 2 saturated heterocycles. The van der Waals surface area contributed by atoms with E-state index in [4.69, 9.17) is 9.47 Å². The van der Waals surface area contributed by atoms with Crippen LogP contribution in [0, 0.1) is 23.7 Å². The first kappa shape index (κ1) is 22.2. The third-order valence-electron chi connectivity index (χ3n) is 4.42. The summed E-state index contributed by atoms with van der Waals surface area (Å²) in [7, 11) is 0. The highest BCUT2D eigenvalue weighted by molar-refractivity contribution is 4.66. The van der Waals surface area contributed by atoms with Crippen molar-refractivity contribution in [3.63, 3.8) is 0 Å². The molecule has 0 bridgehead atoms. The fourth-order valence-electron chi connectivity index (χ4n) is 2.76. The maximum absolute atomic E-state index is 5.25. The Bertz CT molecular complexity index is 168. The minimum Gasteiger partial charge on any atom is -0.381 e. The van der Waals surface area contributed by atoms with Crippen LogP contribution >= 0.6 is 0 Å².